The Morgan fingerprint density at radius 1 is 1.14 bits per heavy atom. The number of carbonyl (C=O) groups is 3. The first-order valence-corrected chi connectivity index (χ1v) is 9.32. The summed E-state index contributed by atoms with van der Waals surface area (Å²) in [7, 11) is 1.25. The summed E-state index contributed by atoms with van der Waals surface area (Å²) in [6, 6.07) is 14.9. The number of hydrogen-bond acceptors (Lipinski definition) is 4. The molecule has 7 heteroatoms. The van der Waals surface area contributed by atoms with Crippen molar-refractivity contribution in [1.82, 2.24) is 15.2 Å². The lowest BCUT2D eigenvalue weighted by Gasteiger charge is -2.25. The van der Waals surface area contributed by atoms with Crippen molar-refractivity contribution in [2.45, 2.75) is 13.0 Å². The van der Waals surface area contributed by atoms with Crippen LogP contribution in [-0.2, 0) is 14.3 Å². The van der Waals surface area contributed by atoms with Gasteiger partial charge in [0, 0.05) is 27.7 Å². The van der Waals surface area contributed by atoms with Gasteiger partial charge in [-0.15, -0.1) is 0 Å². The summed E-state index contributed by atoms with van der Waals surface area (Å²) in [6.07, 6.45) is 0. The molecule has 0 unspecified atom stereocenters. The lowest BCUT2D eigenvalue weighted by atomic mass is 9.95. The molecule has 0 saturated carbocycles. The minimum atomic E-state index is -0.543. The Labute approximate surface area is 167 Å². The van der Waals surface area contributed by atoms with Gasteiger partial charge in [0.25, 0.3) is 5.91 Å². The number of rotatable bonds is 5. The first-order chi connectivity index (χ1) is 14.0. The monoisotopic (exact) mass is 391 g/mol. The maximum atomic E-state index is 13.1. The van der Waals surface area contributed by atoms with Crippen LogP contribution in [-0.4, -0.2) is 47.9 Å². The number of benzene rings is 2. The Hall–Kier alpha value is -3.61. The van der Waals surface area contributed by atoms with Crippen molar-refractivity contribution in [1.29, 1.82) is 0 Å². The van der Waals surface area contributed by atoms with Crippen LogP contribution < -0.4 is 5.32 Å². The topological polar surface area (TPSA) is 91.5 Å². The van der Waals surface area contributed by atoms with E-state index < -0.39 is 17.9 Å². The number of aryl methyl sites for hydroxylation is 1. The van der Waals surface area contributed by atoms with Gasteiger partial charge in [0.2, 0.25) is 5.91 Å². The number of esters is 1. The number of fused-ring (bicyclic) bond motifs is 2. The first kappa shape index (κ1) is 18.7. The molecule has 1 atom stereocenters. The minimum Gasteiger partial charge on any atom is -0.468 e. The van der Waals surface area contributed by atoms with E-state index in [0.29, 0.717) is 5.56 Å². The van der Waals surface area contributed by atoms with Crippen molar-refractivity contribution in [3.8, 4) is 0 Å². The molecule has 3 aromatic rings. The van der Waals surface area contributed by atoms with Gasteiger partial charge < -0.3 is 19.9 Å². The molecule has 2 amide bonds. The van der Waals surface area contributed by atoms with Crippen molar-refractivity contribution in [2.75, 3.05) is 20.2 Å². The van der Waals surface area contributed by atoms with Gasteiger partial charge in [0.15, 0.2) is 0 Å². The highest BCUT2D eigenvalue weighted by Crippen LogP contribution is 2.42. The van der Waals surface area contributed by atoms with Gasteiger partial charge in [-0.1, -0.05) is 36.4 Å². The second-order valence-corrected chi connectivity index (χ2v) is 6.98. The molecule has 0 aliphatic carbocycles. The molecule has 0 radical (unpaired) electrons. The molecule has 4 rings (SSSR count). The average molecular weight is 391 g/mol. The van der Waals surface area contributed by atoms with E-state index in [1.54, 1.807) is 11.0 Å². The highest BCUT2D eigenvalue weighted by Gasteiger charge is 2.40. The molecule has 0 saturated heterocycles. The average Bonchev–Trinajstić information content (AvgIpc) is 3.20. The smallest absolute Gasteiger partial charge is 0.325 e. The molecule has 1 aliphatic rings. The Morgan fingerprint density at radius 3 is 2.66 bits per heavy atom. The van der Waals surface area contributed by atoms with Crippen molar-refractivity contribution in [2.24, 2.45) is 0 Å². The fourth-order valence-corrected chi connectivity index (χ4v) is 3.95. The molecule has 7 nitrogen and oxygen atoms in total. The number of para-hydroxylation sites is 1. The summed E-state index contributed by atoms with van der Waals surface area (Å²) in [6.45, 7) is 1.57. The molecule has 2 aromatic carbocycles. The standard InChI is InChI=1S/C22H21N3O4/c1-13-20(16-9-5-6-10-17(16)24-13)21-14-7-3-4-8-15(14)22(28)25(21)12-18(26)23-11-19(27)29-2/h3-10,21,24H,11-12H2,1-2H3,(H,23,26)/t21-/m0/s1. The van der Waals surface area contributed by atoms with Crippen LogP contribution in [0.15, 0.2) is 48.5 Å². The minimum absolute atomic E-state index is 0.159. The zero-order chi connectivity index (χ0) is 20.5. The van der Waals surface area contributed by atoms with Crippen LogP contribution in [0.1, 0.15) is 33.2 Å². The summed E-state index contributed by atoms with van der Waals surface area (Å²) in [5.41, 5.74) is 4.35. The summed E-state index contributed by atoms with van der Waals surface area (Å²) in [5.74, 6) is -1.17. The number of H-pyrrole nitrogens is 1. The number of nitrogens with zero attached hydrogens (tertiary/aromatic N) is 1. The molecule has 2 heterocycles. The van der Waals surface area contributed by atoms with Crippen molar-refractivity contribution >= 4 is 28.7 Å². The lowest BCUT2D eigenvalue weighted by Crippen LogP contribution is -2.41. The van der Waals surface area contributed by atoms with E-state index in [0.717, 1.165) is 27.7 Å². The van der Waals surface area contributed by atoms with E-state index in [9.17, 15) is 14.4 Å². The SMILES string of the molecule is COC(=O)CNC(=O)CN1C(=O)c2ccccc2[C@H]1c1c(C)[nH]c2ccccc12. The third-order valence-corrected chi connectivity index (χ3v) is 5.25. The zero-order valence-electron chi connectivity index (χ0n) is 16.2. The van der Waals surface area contributed by atoms with Gasteiger partial charge in [-0.05, 0) is 24.6 Å². The molecular weight excluding hydrogens is 370 g/mol. The van der Waals surface area contributed by atoms with E-state index in [1.807, 2.05) is 49.4 Å². The van der Waals surface area contributed by atoms with Crippen LogP contribution in [0.4, 0.5) is 0 Å². The van der Waals surface area contributed by atoms with E-state index in [2.05, 4.69) is 15.0 Å². The Kier molecular flexibility index (Phi) is 4.80. The summed E-state index contributed by atoms with van der Waals surface area (Å²) < 4.78 is 4.55. The number of aromatic amines is 1. The highest BCUT2D eigenvalue weighted by molar-refractivity contribution is 6.02. The number of aromatic nitrogens is 1. The van der Waals surface area contributed by atoms with Crippen LogP contribution >= 0.6 is 0 Å². The van der Waals surface area contributed by atoms with Crippen molar-refractivity contribution in [3.63, 3.8) is 0 Å². The third-order valence-electron chi connectivity index (χ3n) is 5.25. The number of ether oxygens (including phenoxy) is 1. The van der Waals surface area contributed by atoms with Crippen molar-refractivity contribution < 1.29 is 19.1 Å². The van der Waals surface area contributed by atoms with Crippen molar-refractivity contribution in [3.05, 3.63) is 70.9 Å². The van der Waals surface area contributed by atoms with Gasteiger partial charge in [0.05, 0.1) is 13.2 Å². The highest BCUT2D eigenvalue weighted by atomic mass is 16.5. The number of methoxy groups -OCH3 is 1. The summed E-state index contributed by atoms with van der Waals surface area (Å²) in [5, 5.41) is 3.52. The Bertz CT molecular complexity index is 1120. The van der Waals surface area contributed by atoms with Gasteiger partial charge in [0.1, 0.15) is 13.1 Å². The lowest BCUT2D eigenvalue weighted by molar-refractivity contribution is -0.141. The molecule has 0 spiro atoms. The normalized spacial score (nSPS) is 15.4. The molecule has 1 aliphatic heterocycles. The van der Waals surface area contributed by atoms with E-state index >= 15 is 0 Å². The Morgan fingerprint density at radius 2 is 1.86 bits per heavy atom. The maximum absolute atomic E-state index is 13.1. The largest absolute Gasteiger partial charge is 0.468 e. The third kappa shape index (κ3) is 3.24. The number of carbonyl (C=O) groups excluding carboxylic acids is 3. The second kappa shape index (κ2) is 7.43. The molecule has 29 heavy (non-hydrogen) atoms. The van der Waals surface area contributed by atoms with E-state index in [-0.39, 0.29) is 19.0 Å². The first-order valence-electron chi connectivity index (χ1n) is 9.32. The number of amides is 2. The maximum Gasteiger partial charge on any atom is 0.325 e. The molecule has 1 aromatic heterocycles. The van der Waals surface area contributed by atoms with Crippen LogP contribution in [0, 0.1) is 6.92 Å². The fourth-order valence-electron chi connectivity index (χ4n) is 3.95. The van der Waals surface area contributed by atoms with Crippen LogP contribution in [0.5, 0.6) is 0 Å². The zero-order valence-corrected chi connectivity index (χ0v) is 16.2. The quantitative estimate of drug-likeness (QED) is 0.653. The van der Waals surface area contributed by atoms with Crippen LogP contribution in [0.3, 0.4) is 0 Å². The van der Waals surface area contributed by atoms with Gasteiger partial charge in [-0.3, -0.25) is 14.4 Å². The Balaban J connectivity index is 1.74. The number of nitrogens with one attached hydrogen (secondary N) is 2. The van der Waals surface area contributed by atoms with E-state index in [1.165, 1.54) is 7.11 Å². The van der Waals surface area contributed by atoms with Crippen LogP contribution in [0.2, 0.25) is 0 Å². The van der Waals surface area contributed by atoms with Gasteiger partial charge in [-0.2, -0.15) is 0 Å². The number of hydrogen-bond donors (Lipinski definition) is 2. The second-order valence-electron chi connectivity index (χ2n) is 6.98. The summed E-state index contributed by atoms with van der Waals surface area (Å²) >= 11 is 0. The van der Waals surface area contributed by atoms with Gasteiger partial charge in [-0.25, -0.2) is 0 Å². The fraction of sp³-hybridized carbons (Fsp3) is 0.227. The van der Waals surface area contributed by atoms with E-state index in [4.69, 9.17) is 0 Å². The summed E-state index contributed by atoms with van der Waals surface area (Å²) in [4.78, 5) is 41.8. The predicted octanol–water partition coefficient (Wildman–Crippen LogP) is 2.31. The van der Waals surface area contributed by atoms with Crippen LogP contribution in [0.25, 0.3) is 10.9 Å². The molecule has 0 bridgehead atoms. The molecule has 148 valence electrons. The van der Waals surface area contributed by atoms with Gasteiger partial charge >= 0.3 is 5.97 Å². The molecule has 0 fully saturated rings. The molecule has 2 N–H and O–H groups in total. The predicted molar refractivity (Wildman–Crippen MR) is 107 cm³/mol. The molecular formula is C22H21N3O4.